The van der Waals surface area contributed by atoms with Crippen LogP contribution in [0.1, 0.15) is 179 Å². The molecule has 0 aromatic heterocycles. The molecule has 3 aliphatic rings. The molecule has 0 fully saturated rings. The third-order valence-electron chi connectivity index (χ3n) is 14.6. The Morgan fingerprint density at radius 1 is 0.458 bits per heavy atom. The van der Waals surface area contributed by atoms with Gasteiger partial charge in [-0.1, -0.05) is 190 Å². The fourth-order valence-corrected chi connectivity index (χ4v) is 13.5. The van der Waals surface area contributed by atoms with Gasteiger partial charge >= 0.3 is 79.8 Å². The van der Waals surface area contributed by atoms with Gasteiger partial charge in [0.05, 0.1) is 0 Å². The summed E-state index contributed by atoms with van der Waals surface area (Å²) in [7, 11) is 0. The summed E-state index contributed by atoms with van der Waals surface area (Å²) in [5.41, 5.74) is 28.3. The molecule has 3 aliphatic carbocycles. The van der Waals surface area contributed by atoms with Crippen molar-refractivity contribution >= 4 is 3.21 Å². The molecule has 0 spiro atoms. The van der Waals surface area contributed by atoms with Gasteiger partial charge in [0, 0.05) is 0 Å². The number of benzene rings is 6. The smallest absolute Gasteiger partial charge is 0.172 e. The first kappa shape index (κ1) is 57.3. The summed E-state index contributed by atoms with van der Waals surface area (Å²) in [5, 5.41) is 0. The molecule has 0 saturated carbocycles. The molecule has 0 heterocycles. The summed E-state index contributed by atoms with van der Waals surface area (Å²) in [6.07, 6.45) is 5.55. The maximum absolute atomic E-state index is 4.17. The minimum absolute atomic E-state index is 0. The molecule has 0 bridgehead atoms. The van der Waals surface area contributed by atoms with E-state index in [0.29, 0.717) is 0 Å². The van der Waals surface area contributed by atoms with Crippen LogP contribution in [-0.2, 0) is 65.2 Å². The van der Waals surface area contributed by atoms with Crippen molar-refractivity contribution in [2.75, 3.05) is 0 Å². The van der Waals surface area contributed by atoms with E-state index < -0.39 is 0 Å². The van der Waals surface area contributed by atoms with Crippen LogP contribution >= 0.6 is 0 Å². The zero-order chi connectivity index (χ0) is 50.7. The third kappa shape index (κ3) is 11.9. The Hall–Kier alpha value is -4.00. The van der Waals surface area contributed by atoms with E-state index in [1.807, 2.05) is 30.3 Å². The Morgan fingerprint density at radius 3 is 1.35 bits per heavy atom. The van der Waals surface area contributed by atoms with Crippen LogP contribution in [0.25, 0.3) is 55.6 Å². The Morgan fingerprint density at radius 2 is 0.903 bits per heavy atom. The maximum atomic E-state index is 4.17. The second-order valence-corrected chi connectivity index (χ2v) is 27.4. The van der Waals surface area contributed by atoms with Gasteiger partial charge in [0.1, 0.15) is 0 Å². The minimum atomic E-state index is -0.0538. The molecule has 7 aromatic rings. The molecule has 0 radical (unpaired) electrons. The van der Waals surface area contributed by atoms with Crippen LogP contribution in [0.5, 0.6) is 0 Å². The zero-order valence-corrected chi connectivity index (χ0v) is 50.5. The topological polar surface area (TPSA) is 0 Å². The predicted octanol–water partition coefficient (Wildman–Crippen LogP) is 12.9. The zero-order valence-electron chi connectivity index (χ0n) is 46.5. The molecular formula is C69H80Cl2Zr-2. The van der Waals surface area contributed by atoms with E-state index in [-0.39, 0.29) is 46.5 Å². The first-order valence-corrected chi connectivity index (χ1v) is 27.6. The molecule has 0 unspecified atom stereocenters. The Balaban J connectivity index is 0.000000432. The number of hydrogen-bond donors (Lipinski definition) is 0. The Labute approximate surface area is 463 Å². The van der Waals surface area contributed by atoms with Gasteiger partial charge in [-0.15, -0.1) is 28.8 Å². The van der Waals surface area contributed by atoms with Gasteiger partial charge in [-0.2, -0.15) is 18.2 Å². The van der Waals surface area contributed by atoms with Crippen LogP contribution in [-0.4, -0.2) is 3.21 Å². The molecule has 0 nitrogen and oxygen atoms in total. The predicted molar refractivity (Wildman–Crippen MR) is 302 cm³/mol. The van der Waals surface area contributed by atoms with E-state index in [1.165, 1.54) is 124 Å². The van der Waals surface area contributed by atoms with Crippen molar-refractivity contribution in [2.45, 2.75) is 165 Å². The Kier molecular flexibility index (Phi) is 17.6. The summed E-state index contributed by atoms with van der Waals surface area (Å²) in [4.78, 5) is 0. The normalized spacial score (nSPS) is 13.1. The summed E-state index contributed by atoms with van der Waals surface area (Å²) in [6.45, 7) is 37.6. The van der Waals surface area contributed by atoms with Crippen LogP contribution in [0.4, 0.5) is 0 Å². The van der Waals surface area contributed by atoms with Crippen molar-refractivity contribution < 1.29 is 49.0 Å². The van der Waals surface area contributed by atoms with Crippen molar-refractivity contribution in [3.63, 3.8) is 0 Å². The largest absolute Gasteiger partial charge is 1.00 e. The molecule has 10 rings (SSSR count). The van der Waals surface area contributed by atoms with Crippen molar-refractivity contribution in [3.05, 3.63) is 183 Å². The molecule has 72 heavy (non-hydrogen) atoms. The average molecular weight is 1070 g/mol. The fraction of sp³-hybridized carbons (Fsp3) is 0.391. The van der Waals surface area contributed by atoms with E-state index in [9.17, 15) is 0 Å². The standard InChI is InChI=1S/C55H57.C9H18.C5H5.2ClH.Zr/c1-52(2,3)46-23-21-38(44-26-32-17-13-15-19-36(32)50(44)46)42-28-34-25-35-29-43(49(55(10,11)12)31-41(35)40(34)30-48(42)54(7,8)9)39-22-24-47(53(4,5)6)51-37-20-16-14-18-33(37)27-45(39)51;1-8(2)6-5-7-9(3)4;1-2-4-5-3-1;;;/h13-24,28,30-31H,25-27H2,1-12H3;8-9H,6-7H2,1-4H3;1-5H;2*1H;/q-1;;-1;;;+2/p-2. The maximum Gasteiger partial charge on any atom is -0.172 e. The number of rotatable bonds is 6. The number of fused-ring (bicyclic) bond motifs is 9. The van der Waals surface area contributed by atoms with Gasteiger partial charge in [-0.05, 0) is 113 Å². The minimum Gasteiger partial charge on any atom is -1.00 e. The molecule has 3 heteroatoms. The monoisotopic (exact) mass is 1070 g/mol. The summed E-state index contributed by atoms with van der Waals surface area (Å²) >= 11 is 1.65. The summed E-state index contributed by atoms with van der Waals surface area (Å²) < 4.78 is 1.75. The van der Waals surface area contributed by atoms with Crippen molar-refractivity contribution in [1.82, 2.24) is 0 Å². The molecular weight excluding hydrogens is 991 g/mol. The number of halogens is 2. The third-order valence-corrected chi connectivity index (χ3v) is 15.7. The van der Waals surface area contributed by atoms with Crippen LogP contribution in [0.15, 0.2) is 121 Å². The Bertz CT molecular complexity index is 2850. The van der Waals surface area contributed by atoms with E-state index >= 15 is 0 Å². The van der Waals surface area contributed by atoms with Gasteiger partial charge in [0.25, 0.3) is 0 Å². The van der Waals surface area contributed by atoms with Crippen LogP contribution in [0.2, 0.25) is 0 Å². The second-order valence-electron chi connectivity index (χ2n) is 25.6. The first-order valence-electron chi connectivity index (χ1n) is 26.3. The van der Waals surface area contributed by atoms with E-state index in [1.54, 1.807) is 27.4 Å². The van der Waals surface area contributed by atoms with Gasteiger partial charge in [-0.3, -0.25) is 0 Å². The molecule has 376 valence electrons. The van der Waals surface area contributed by atoms with Gasteiger partial charge in [-0.25, -0.2) is 12.1 Å². The van der Waals surface area contributed by atoms with Crippen LogP contribution in [0.3, 0.4) is 0 Å². The molecule has 0 aliphatic heterocycles. The van der Waals surface area contributed by atoms with E-state index in [4.69, 9.17) is 0 Å². The summed E-state index contributed by atoms with van der Waals surface area (Å²) in [5.74, 6) is 1.71. The second kappa shape index (κ2) is 22.1. The van der Waals surface area contributed by atoms with Crippen LogP contribution in [0, 0.1) is 17.9 Å². The molecule has 0 atom stereocenters. The summed E-state index contributed by atoms with van der Waals surface area (Å²) in [6, 6.07) is 49.8. The van der Waals surface area contributed by atoms with Crippen molar-refractivity contribution in [1.29, 1.82) is 0 Å². The number of hydrogen-bond acceptors (Lipinski definition) is 0. The van der Waals surface area contributed by atoms with E-state index in [2.05, 4.69) is 208 Å². The average Bonchev–Trinajstić information content (AvgIpc) is 4.09. The van der Waals surface area contributed by atoms with E-state index in [0.717, 1.165) is 31.1 Å². The molecule has 0 amide bonds. The van der Waals surface area contributed by atoms with Gasteiger partial charge < -0.3 is 24.8 Å². The van der Waals surface area contributed by atoms with Gasteiger partial charge in [0.2, 0.25) is 0 Å². The van der Waals surface area contributed by atoms with Crippen molar-refractivity contribution in [2.24, 2.45) is 11.8 Å². The van der Waals surface area contributed by atoms with Gasteiger partial charge in [0.15, 0.2) is 0 Å². The molecule has 0 saturated heterocycles. The first-order chi connectivity index (χ1) is 32.8. The quantitative estimate of drug-likeness (QED) is 0.146. The molecule has 0 N–H and O–H groups in total. The van der Waals surface area contributed by atoms with Crippen LogP contribution < -0.4 is 24.8 Å². The SMILES string of the molecule is CC(C)(C)c1cc2c([c-]c1-c1ccc(C(C)(C)C)c3c1Cc1ccccc1-3)Cc1cc(-c3ccc(C(C)(C)C)c4c3Cc3ccccc3-4)c(C(C)(C)C)cc1-2.CC(C)C[C](=[Zr+2])CC(C)C.[Cl-].[Cl-].c1cc[cH-]c1. The fourth-order valence-electron chi connectivity index (χ4n) is 11.5. The molecule has 7 aromatic carbocycles. The van der Waals surface area contributed by atoms with Crippen molar-refractivity contribution in [3.8, 4) is 55.6 Å².